The van der Waals surface area contributed by atoms with Crippen molar-refractivity contribution in [3.05, 3.63) is 96.1 Å². The Morgan fingerprint density at radius 3 is 2.33 bits per heavy atom. The Labute approximate surface area is 145 Å². The minimum Gasteiger partial charge on any atom is -0.0949 e. The number of fused-ring (bicyclic) bond motifs is 1. The second-order valence-electron chi connectivity index (χ2n) is 6.69. The first kappa shape index (κ1) is 16.3. The zero-order chi connectivity index (χ0) is 16.9. The molecule has 0 atom stereocenters. The van der Waals surface area contributed by atoms with Gasteiger partial charge in [0.25, 0.3) is 0 Å². The van der Waals surface area contributed by atoms with E-state index in [-0.39, 0.29) is 0 Å². The van der Waals surface area contributed by atoms with Crippen molar-refractivity contribution in [2.45, 2.75) is 20.3 Å². The summed E-state index contributed by atoms with van der Waals surface area (Å²) >= 11 is 0. The van der Waals surface area contributed by atoms with Crippen molar-refractivity contribution in [2.24, 2.45) is 5.92 Å². The molecule has 0 saturated heterocycles. The van der Waals surface area contributed by atoms with Gasteiger partial charge in [-0.25, -0.2) is 0 Å². The molecule has 0 aromatic heterocycles. The molecule has 0 fully saturated rings. The van der Waals surface area contributed by atoms with Crippen LogP contribution in [-0.4, -0.2) is 0 Å². The molecule has 3 rings (SSSR count). The predicted octanol–water partition coefficient (Wildman–Crippen LogP) is 6.76. The smallest absolute Gasteiger partial charge is 0.00255 e. The number of rotatable bonds is 5. The number of hydrogen-bond donors (Lipinski definition) is 0. The summed E-state index contributed by atoms with van der Waals surface area (Å²) in [4.78, 5) is 0. The summed E-state index contributed by atoms with van der Waals surface area (Å²) in [5, 5.41) is 2.57. The van der Waals surface area contributed by atoms with Gasteiger partial charge in [0.15, 0.2) is 0 Å². The first-order chi connectivity index (χ1) is 11.6. The fraction of sp³-hybridized carbons (Fsp3) is 0.167. The van der Waals surface area contributed by atoms with Gasteiger partial charge in [0.1, 0.15) is 0 Å². The number of benzene rings is 3. The third-order valence-corrected chi connectivity index (χ3v) is 4.22. The van der Waals surface area contributed by atoms with Crippen LogP contribution in [0.3, 0.4) is 0 Å². The van der Waals surface area contributed by atoms with Gasteiger partial charge < -0.3 is 0 Å². The van der Waals surface area contributed by atoms with Crippen LogP contribution < -0.4 is 0 Å². The van der Waals surface area contributed by atoms with Crippen LogP contribution in [0.15, 0.2) is 79.4 Å². The van der Waals surface area contributed by atoms with Crippen molar-refractivity contribution in [3.63, 3.8) is 0 Å². The quantitative estimate of drug-likeness (QED) is 0.488. The minimum absolute atomic E-state index is 0.576. The average molecular weight is 312 g/mol. The van der Waals surface area contributed by atoms with Gasteiger partial charge in [-0.05, 0) is 45.4 Å². The maximum atomic E-state index is 4.29. The van der Waals surface area contributed by atoms with Gasteiger partial charge in [-0.15, -0.1) is 0 Å². The van der Waals surface area contributed by atoms with Crippen molar-refractivity contribution in [3.8, 4) is 0 Å². The molecular formula is C24H24. The molecule has 3 aromatic carbocycles. The summed E-state index contributed by atoms with van der Waals surface area (Å²) in [5.74, 6) is 0.576. The molecule has 0 aliphatic heterocycles. The van der Waals surface area contributed by atoms with E-state index in [0.29, 0.717) is 5.92 Å². The van der Waals surface area contributed by atoms with Crippen LogP contribution in [0.4, 0.5) is 0 Å². The summed E-state index contributed by atoms with van der Waals surface area (Å²) < 4.78 is 0. The van der Waals surface area contributed by atoms with Gasteiger partial charge in [0.05, 0.1) is 0 Å². The zero-order valence-corrected chi connectivity index (χ0v) is 14.5. The van der Waals surface area contributed by atoms with E-state index in [0.717, 1.165) is 12.0 Å². The largest absolute Gasteiger partial charge is 0.0949 e. The van der Waals surface area contributed by atoms with Gasteiger partial charge in [-0.3, -0.25) is 0 Å². The van der Waals surface area contributed by atoms with Gasteiger partial charge in [-0.1, -0.05) is 99.3 Å². The summed E-state index contributed by atoms with van der Waals surface area (Å²) in [6.07, 6.45) is 5.28. The lowest BCUT2D eigenvalue weighted by Crippen LogP contribution is -1.90. The van der Waals surface area contributed by atoms with Crippen LogP contribution in [0.5, 0.6) is 0 Å². The first-order valence-corrected chi connectivity index (χ1v) is 8.56. The Kier molecular flexibility index (Phi) is 4.96. The maximum Gasteiger partial charge on any atom is -0.00255 e. The van der Waals surface area contributed by atoms with Crippen molar-refractivity contribution >= 4 is 22.4 Å². The Morgan fingerprint density at radius 2 is 1.62 bits per heavy atom. The third-order valence-electron chi connectivity index (χ3n) is 4.22. The Balaban J connectivity index is 1.73. The molecule has 0 radical (unpaired) electrons. The van der Waals surface area contributed by atoms with Crippen LogP contribution in [0.1, 0.15) is 30.5 Å². The molecule has 0 saturated carbocycles. The lowest BCUT2D eigenvalue weighted by atomic mass is 9.97. The third kappa shape index (κ3) is 4.02. The van der Waals surface area contributed by atoms with E-state index >= 15 is 0 Å². The molecular weight excluding hydrogens is 288 g/mol. The molecule has 0 amide bonds. The van der Waals surface area contributed by atoms with Crippen LogP contribution in [0.25, 0.3) is 22.4 Å². The van der Waals surface area contributed by atoms with E-state index in [1.165, 1.54) is 27.5 Å². The van der Waals surface area contributed by atoms with Crippen LogP contribution in [0.2, 0.25) is 0 Å². The van der Waals surface area contributed by atoms with Crippen molar-refractivity contribution < 1.29 is 0 Å². The minimum atomic E-state index is 0.576. The van der Waals surface area contributed by atoms with Crippen LogP contribution >= 0.6 is 0 Å². The summed E-state index contributed by atoms with van der Waals surface area (Å²) in [6.45, 7) is 8.67. The topological polar surface area (TPSA) is 0 Å². The van der Waals surface area contributed by atoms with Crippen LogP contribution in [-0.2, 0) is 6.42 Å². The summed E-state index contributed by atoms with van der Waals surface area (Å²) in [6, 6.07) is 23.8. The van der Waals surface area contributed by atoms with E-state index in [9.17, 15) is 0 Å². The molecule has 0 nitrogen and oxygen atoms in total. The molecule has 0 aliphatic rings. The molecule has 0 aliphatic carbocycles. The van der Waals surface area contributed by atoms with Crippen molar-refractivity contribution in [2.75, 3.05) is 0 Å². The normalized spacial score (nSPS) is 11.5. The molecule has 120 valence electrons. The van der Waals surface area contributed by atoms with Crippen molar-refractivity contribution in [1.82, 2.24) is 0 Å². The average Bonchev–Trinajstić information content (AvgIpc) is 2.60. The Bertz CT molecular complexity index is 864. The maximum absolute atomic E-state index is 4.29. The molecule has 24 heavy (non-hydrogen) atoms. The van der Waals surface area contributed by atoms with E-state index in [2.05, 4.69) is 99.3 Å². The highest BCUT2D eigenvalue weighted by molar-refractivity contribution is 5.83. The van der Waals surface area contributed by atoms with Gasteiger partial charge in [-0.2, -0.15) is 0 Å². The molecule has 0 bridgehead atoms. The molecule has 0 heterocycles. The van der Waals surface area contributed by atoms with Gasteiger partial charge in [0, 0.05) is 0 Å². The standard InChI is InChI=1S/C24H24/c1-18(2)8-9-20-10-13-22(14-11-20)19(3)16-21-12-15-23-6-4-5-7-24(23)17-21/h4-15,17-18H,3,16H2,1-2H3/b9-8+. The Hall–Kier alpha value is -2.60. The molecule has 0 spiro atoms. The second-order valence-corrected chi connectivity index (χ2v) is 6.69. The van der Waals surface area contributed by atoms with E-state index in [1.807, 2.05) is 0 Å². The first-order valence-electron chi connectivity index (χ1n) is 8.56. The SMILES string of the molecule is C=C(Cc1ccc2ccccc2c1)c1ccc(/C=C/C(C)C)cc1. The lowest BCUT2D eigenvalue weighted by molar-refractivity contribution is 0.836. The van der Waals surface area contributed by atoms with E-state index in [4.69, 9.17) is 0 Å². The fourth-order valence-corrected chi connectivity index (χ4v) is 2.83. The highest BCUT2D eigenvalue weighted by atomic mass is 14.1. The highest BCUT2D eigenvalue weighted by Gasteiger charge is 2.02. The Morgan fingerprint density at radius 1 is 0.917 bits per heavy atom. The summed E-state index contributed by atoms with van der Waals surface area (Å²) in [5.41, 5.74) is 4.92. The van der Waals surface area contributed by atoms with E-state index in [1.54, 1.807) is 0 Å². The predicted molar refractivity (Wildman–Crippen MR) is 107 cm³/mol. The molecule has 0 heteroatoms. The lowest BCUT2D eigenvalue weighted by Gasteiger charge is -2.08. The molecule has 3 aromatic rings. The monoisotopic (exact) mass is 312 g/mol. The highest BCUT2D eigenvalue weighted by Crippen LogP contribution is 2.22. The zero-order valence-electron chi connectivity index (χ0n) is 14.5. The van der Waals surface area contributed by atoms with Crippen LogP contribution in [0, 0.1) is 5.92 Å². The van der Waals surface area contributed by atoms with Gasteiger partial charge in [0.2, 0.25) is 0 Å². The van der Waals surface area contributed by atoms with Gasteiger partial charge >= 0.3 is 0 Å². The number of allylic oxidation sites excluding steroid dienone is 2. The van der Waals surface area contributed by atoms with Crippen molar-refractivity contribution in [1.29, 1.82) is 0 Å². The second kappa shape index (κ2) is 7.31. The molecule has 0 unspecified atom stereocenters. The fourth-order valence-electron chi connectivity index (χ4n) is 2.83. The van der Waals surface area contributed by atoms with E-state index < -0.39 is 0 Å². The summed E-state index contributed by atoms with van der Waals surface area (Å²) in [7, 11) is 0. The molecule has 0 N–H and O–H groups in total. The number of hydrogen-bond acceptors (Lipinski definition) is 0.